The van der Waals surface area contributed by atoms with E-state index in [9.17, 15) is 0 Å². The molecule has 1 heterocycles. The Morgan fingerprint density at radius 3 is 2.30 bits per heavy atom. The molecular formula is C20H16N2O. The molecule has 1 aromatic heterocycles. The van der Waals surface area contributed by atoms with Gasteiger partial charge in [0.25, 0.3) is 0 Å². The molecule has 112 valence electrons. The Labute approximate surface area is 134 Å². The van der Waals surface area contributed by atoms with Crippen LogP contribution in [0.25, 0.3) is 28.1 Å². The summed E-state index contributed by atoms with van der Waals surface area (Å²) < 4.78 is 7.72. The van der Waals surface area contributed by atoms with Crippen molar-refractivity contribution in [1.29, 1.82) is 0 Å². The van der Waals surface area contributed by atoms with Gasteiger partial charge >= 0.3 is 0 Å². The summed E-state index contributed by atoms with van der Waals surface area (Å²) in [6.45, 7) is 0. The summed E-state index contributed by atoms with van der Waals surface area (Å²) in [4.78, 5) is 4.84. The lowest BCUT2D eigenvalue weighted by molar-refractivity contribution is 0.413. The van der Waals surface area contributed by atoms with E-state index in [1.165, 1.54) is 0 Å². The van der Waals surface area contributed by atoms with E-state index in [1.54, 1.807) is 7.11 Å². The van der Waals surface area contributed by atoms with E-state index in [0.717, 1.165) is 33.9 Å². The van der Waals surface area contributed by atoms with E-state index in [4.69, 9.17) is 9.72 Å². The molecule has 0 fully saturated rings. The summed E-state index contributed by atoms with van der Waals surface area (Å²) in [5.41, 5.74) is 4.10. The van der Waals surface area contributed by atoms with Gasteiger partial charge in [-0.05, 0) is 24.3 Å². The summed E-state index contributed by atoms with van der Waals surface area (Å²) in [6.07, 6.45) is 0. The molecule has 0 amide bonds. The fourth-order valence-corrected chi connectivity index (χ4v) is 2.87. The summed E-state index contributed by atoms with van der Waals surface area (Å²) in [7, 11) is 1.69. The molecule has 4 rings (SSSR count). The van der Waals surface area contributed by atoms with E-state index >= 15 is 0 Å². The van der Waals surface area contributed by atoms with E-state index in [0.29, 0.717) is 0 Å². The molecule has 0 aliphatic heterocycles. The van der Waals surface area contributed by atoms with Gasteiger partial charge in [-0.3, -0.25) is 4.57 Å². The van der Waals surface area contributed by atoms with Gasteiger partial charge in [-0.1, -0.05) is 54.6 Å². The maximum Gasteiger partial charge on any atom is 0.145 e. The first-order valence-electron chi connectivity index (χ1n) is 7.55. The van der Waals surface area contributed by atoms with Gasteiger partial charge < -0.3 is 4.74 Å². The molecule has 0 atom stereocenters. The second kappa shape index (κ2) is 5.61. The average molecular weight is 300 g/mol. The number of methoxy groups -OCH3 is 1. The lowest BCUT2D eigenvalue weighted by Crippen LogP contribution is -2.00. The van der Waals surface area contributed by atoms with Crippen LogP contribution in [0.2, 0.25) is 0 Å². The Kier molecular flexibility index (Phi) is 3.31. The fraction of sp³-hybridized carbons (Fsp3) is 0.0500. The zero-order valence-electron chi connectivity index (χ0n) is 12.8. The molecule has 0 saturated heterocycles. The molecule has 4 aromatic rings. The minimum absolute atomic E-state index is 0.827. The van der Waals surface area contributed by atoms with Crippen LogP contribution >= 0.6 is 0 Å². The molecule has 23 heavy (non-hydrogen) atoms. The third-order valence-electron chi connectivity index (χ3n) is 3.92. The lowest BCUT2D eigenvalue weighted by Gasteiger charge is -2.13. The zero-order chi connectivity index (χ0) is 15.6. The Hall–Kier alpha value is -3.07. The van der Waals surface area contributed by atoms with Gasteiger partial charge in [-0.15, -0.1) is 0 Å². The number of aromatic nitrogens is 2. The second-order valence-electron chi connectivity index (χ2n) is 5.30. The summed E-state index contributed by atoms with van der Waals surface area (Å²) in [5.74, 6) is 1.74. The van der Waals surface area contributed by atoms with Crippen LogP contribution < -0.4 is 4.74 Å². The van der Waals surface area contributed by atoms with Crippen LogP contribution in [0.4, 0.5) is 0 Å². The predicted molar refractivity (Wildman–Crippen MR) is 93.1 cm³/mol. The highest BCUT2D eigenvalue weighted by atomic mass is 16.5. The number of imidazole rings is 1. The molecule has 0 spiro atoms. The van der Waals surface area contributed by atoms with Crippen molar-refractivity contribution in [3.05, 3.63) is 78.9 Å². The highest BCUT2D eigenvalue weighted by Gasteiger charge is 2.16. The van der Waals surface area contributed by atoms with Crippen LogP contribution in [0.15, 0.2) is 78.9 Å². The van der Waals surface area contributed by atoms with Gasteiger partial charge in [-0.2, -0.15) is 0 Å². The van der Waals surface area contributed by atoms with E-state index in [-0.39, 0.29) is 0 Å². The largest absolute Gasteiger partial charge is 0.495 e. The fourth-order valence-electron chi connectivity index (χ4n) is 2.87. The Morgan fingerprint density at radius 2 is 1.48 bits per heavy atom. The first-order valence-corrected chi connectivity index (χ1v) is 7.55. The van der Waals surface area contributed by atoms with Crippen LogP contribution in [-0.2, 0) is 0 Å². The van der Waals surface area contributed by atoms with Crippen LogP contribution in [0, 0.1) is 0 Å². The van der Waals surface area contributed by atoms with Crippen molar-refractivity contribution in [3.63, 3.8) is 0 Å². The molecular weight excluding hydrogens is 284 g/mol. The minimum Gasteiger partial charge on any atom is -0.495 e. The standard InChI is InChI=1S/C20H16N2O/c1-23-19-14-8-7-13-18(19)22-17-12-6-5-11-16(17)21-20(22)15-9-3-2-4-10-15/h2-14H,1H3. The van der Waals surface area contributed by atoms with Gasteiger partial charge in [0.15, 0.2) is 0 Å². The van der Waals surface area contributed by atoms with Crippen molar-refractivity contribution in [2.24, 2.45) is 0 Å². The summed E-state index contributed by atoms with van der Waals surface area (Å²) in [6, 6.07) is 26.4. The number of rotatable bonds is 3. The second-order valence-corrected chi connectivity index (χ2v) is 5.30. The number of nitrogens with zero attached hydrogens (tertiary/aromatic N) is 2. The van der Waals surface area contributed by atoms with Crippen LogP contribution in [0.3, 0.4) is 0 Å². The molecule has 3 nitrogen and oxygen atoms in total. The van der Waals surface area contributed by atoms with Crippen molar-refractivity contribution < 1.29 is 4.74 Å². The molecule has 0 unspecified atom stereocenters. The van der Waals surface area contributed by atoms with Crippen molar-refractivity contribution in [3.8, 4) is 22.8 Å². The van der Waals surface area contributed by atoms with Crippen molar-refractivity contribution in [2.75, 3.05) is 7.11 Å². The van der Waals surface area contributed by atoms with Gasteiger partial charge in [0.2, 0.25) is 0 Å². The molecule has 0 aliphatic carbocycles. The van der Waals surface area contributed by atoms with Crippen molar-refractivity contribution in [1.82, 2.24) is 9.55 Å². The summed E-state index contributed by atoms with van der Waals surface area (Å²) in [5, 5.41) is 0. The molecule has 3 heteroatoms. The smallest absolute Gasteiger partial charge is 0.145 e. The quantitative estimate of drug-likeness (QED) is 0.548. The maximum atomic E-state index is 5.56. The lowest BCUT2D eigenvalue weighted by atomic mass is 10.2. The average Bonchev–Trinajstić information content (AvgIpc) is 3.02. The minimum atomic E-state index is 0.827. The number of hydrogen-bond acceptors (Lipinski definition) is 2. The van der Waals surface area contributed by atoms with Crippen LogP contribution in [0.1, 0.15) is 0 Å². The maximum absolute atomic E-state index is 5.56. The normalized spacial score (nSPS) is 10.8. The predicted octanol–water partition coefficient (Wildman–Crippen LogP) is 4.70. The van der Waals surface area contributed by atoms with E-state index in [1.807, 2.05) is 54.6 Å². The first kappa shape index (κ1) is 13.6. The third-order valence-corrected chi connectivity index (χ3v) is 3.92. The number of para-hydroxylation sites is 4. The van der Waals surface area contributed by atoms with Crippen LogP contribution in [0.5, 0.6) is 5.75 Å². The number of fused-ring (bicyclic) bond motifs is 1. The highest BCUT2D eigenvalue weighted by Crippen LogP contribution is 2.32. The Morgan fingerprint density at radius 1 is 0.783 bits per heavy atom. The van der Waals surface area contributed by atoms with Crippen molar-refractivity contribution in [2.45, 2.75) is 0 Å². The molecule has 0 aliphatic rings. The van der Waals surface area contributed by atoms with Gasteiger partial charge in [0.05, 0.1) is 23.8 Å². The van der Waals surface area contributed by atoms with Gasteiger partial charge in [-0.25, -0.2) is 4.98 Å². The number of ether oxygens (including phenoxy) is 1. The number of hydrogen-bond donors (Lipinski definition) is 0. The third kappa shape index (κ3) is 2.27. The van der Waals surface area contributed by atoms with Gasteiger partial charge in [0.1, 0.15) is 11.6 Å². The summed E-state index contributed by atoms with van der Waals surface area (Å²) >= 11 is 0. The SMILES string of the molecule is COc1ccccc1-n1c(-c2ccccc2)nc2ccccc21. The number of benzene rings is 3. The highest BCUT2D eigenvalue weighted by molar-refractivity contribution is 5.83. The zero-order valence-corrected chi connectivity index (χ0v) is 12.8. The topological polar surface area (TPSA) is 27.1 Å². The Balaban J connectivity index is 2.08. The first-order chi connectivity index (χ1) is 11.4. The Bertz CT molecular complexity index is 958. The van der Waals surface area contributed by atoms with E-state index < -0.39 is 0 Å². The molecule has 0 bridgehead atoms. The molecule has 0 saturated carbocycles. The molecule has 0 N–H and O–H groups in total. The van der Waals surface area contributed by atoms with Crippen LogP contribution in [-0.4, -0.2) is 16.7 Å². The van der Waals surface area contributed by atoms with E-state index in [2.05, 4.69) is 28.8 Å². The monoisotopic (exact) mass is 300 g/mol. The molecule has 0 radical (unpaired) electrons. The van der Waals surface area contributed by atoms with Crippen molar-refractivity contribution >= 4 is 11.0 Å². The van der Waals surface area contributed by atoms with Gasteiger partial charge in [0, 0.05) is 5.56 Å². The molecule has 3 aromatic carbocycles.